The number of hydrogen-bond donors (Lipinski definition) is 1. The van der Waals surface area contributed by atoms with Crippen molar-refractivity contribution < 1.29 is 4.74 Å². The summed E-state index contributed by atoms with van der Waals surface area (Å²) in [5.74, 6) is 0.778. The van der Waals surface area contributed by atoms with Gasteiger partial charge in [-0.3, -0.25) is 5.32 Å². The van der Waals surface area contributed by atoms with E-state index < -0.39 is 0 Å². The Hall–Kier alpha value is -0.630. The topological polar surface area (TPSA) is 48.3 Å². The maximum Gasteiger partial charge on any atom is 0.0967 e. The van der Waals surface area contributed by atoms with Gasteiger partial charge in [-0.05, 0) is 45.1 Å². The highest BCUT2D eigenvalue weighted by molar-refractivity contribution is 4.95. The predicted octanol–water partition coefficient (Wildman–Crippen LogP) is 1.38. The largest absolute Gasteiger partial charge is 0.381 e. The fourth-order valence-corrected chi connectivity index (χ4v) is 2.53. The minimum atomic E-state index is 0.0367. The lowest BCUT2D eigenvalue weighted by molar-refractivity contribution is 0.0555. The highest BCUT2D eigenvalue weighted by Crippen LogP contribution is 2.20. The third kappa shape index (κ3) is 4.93. The Balaban J connectivity index is 1.60. The quantitative estimate of drug-likeness (QED) is 0.742. The van der Waals surface area contributed by atoms with Crippen LogP contribution >= 0.6 is 0 Å². The molecule has 4 heteroatoms. The Morgan fingerprint density at radius 1 is 1.33 bits per heavy atom. The third-order valence-corrected chi connectivity index (χ3v) is 3.88. The second kappa shape index (κ2) is 7.08. The molecule has 0 amide bonds. The molecule has 2 rings (SSSR count). The lowest BCUT2D eigenvalue weighted by Gasteiger charge is -2.27. The SMILES string of the molecule is CN(CCC(C#N)NC1CC1)CC1CCOCC1. The number of nitrogens with one attached hydrogen (secondary N) is 1. The van der Waals surface area contributed by atoms with Crippen molar-refractivity contribution >= 4 is 0 Å². The Bertz CT molecular complexity index is 279. The molecular formula is C14H25N3O. The summed E-state index contributed by atoms with van der Waals surface area (Å²) in [6, 6.07) is 3.03. The number of ether oxygens (including phenoxy) is 1. The van der Waals surface area contributed by atoms with E-state index in [1.165, 1.54) is 25.7 Å². The summed E-state index contributed by atoms with van der Waals surface area (Å²) in [7, 11) is 2.17. The van der Waals surface area contributed by atoms with Gasteiger partial charge in [-0.1, -0.05) is 0 Å². The molecule has 1 N–H and O–H groups in total. The molecule has 1 saturated carbocycles. The maximum absolute atomic E-state index is 9.09. The van der Waals surface area contributed by atoms with Crippen molar-refractivity contribution in [3.8, 4) is 6.07 Å². The van der Waals surface area contributed by atoms with Crippen molar-refractivity contribution in [1.82, 2.24) is 10.2 Å². The molecule has 2 fully saturated rings. The molecule has 0 bridgehead atoms. The molecule has 1 unspecified atom stereocenters. The van der Waals surface area contributed by atoms with Crippen LogP contribution in [0.3, 0.4) is 0 Å². The van der Waals surface area contributed by atoms with Gasteiger partial charge in [-0.2, -0.15) is 5.26 Å². The summed E-state index contributed by atoms with van der Waals surface area (Å²) < 4.78 is 5.38. The Morgan fingerprint density at radius 2 is 2.06 bits per heavy atom. The monoisotopic (exact) mass is 251 g/mol. The number of hydrogen-bond acceptors (Lipinski definition) is 4. The molecule has 1 aliphatic heterocycles. The molecule has 4 nitrogen and oxygen atoms in total. The normalized spacial score (nSPS) is 22.9. The first-order chi connectivity index (χ1) is 8.78. The van der Waals surface area contributed by atoms with Gasteiger partial charge in [0, 0.05) is 32.3 Å². The smallest absolute Gasteiger partial charge is 0.0967 e. The van der Waals surface area contributed by atoms with Crippen molar-refractivity contribution in [3.63, 3.8) is 0 Å². The molecule has 102 valence electrons. The van der Waals surface area contributed by atoms with Gasteiger partial charge in [-0.25, -0.2) is 0 Å². The van der Waals surface area contributed by atoms with Gasteiger partial charge in [-0.15, -0.1) is 0 Å². The minimum absolute atomic E-state index is 0.0367. The van der Waals surface area contributed by atoms with Crippen LogP contribution in [0.1, 0.15) is 32.1 Å². The van der Waals surface area contributed by atoms with Crippen LogP contribution in [0.25, 0.3) is 0 Å². The van der Waals surface area contributed by atoms with Crippen LogP contribution in [0.4, 0.5) is 0 Å². The molecule has 0 aromatic carbocycles. The van der Waals surface area contributed by atoms with E-state index in [0.29, 0.717) is 6.04 Å². The van der Waals surface area contributed by atoms with E-state index in [1.807, 2.05) is 0 Å². The van der Waals surface area contributed by atoms with Crippen LogP contribution in [-0.4, -0.2) is 50.3 Å². The van der Waals surface area contributed by atoms with Gasteiger partial charge in [0.25, 0.3) is 0 Å². The van der Waals surface area contributed by atoms with E-state index in [2.05, 4.69) is 23.3 Å². The summed E-state index contributed by atoms with van der Waals surface area (Å²) in [6.45, 7) is 3.99. The van der Waals surface area contributed by atoms with Gasteiger partial charge in [0.05, 0.1) is 12.1 Å². The van der Waals surface area contributed by atoms with E-state index in [-0.39, 0.29) is 6.04 Å². The average Bonchev–Trinajstić information content (AvgIpc) is 3.19. The summed E-state index contributed by atoms with van der Waals surface area (Å²) in [5.41, 5.74) is 0. The van der Waals surface area contributed by atoms with E-state index in [0.717, 1.165) is 38.6 Å². The van der Waals surface area contributed by atoms with Crippen molar-refractivity contribution in [2.75, 3.05) is 33.4 Å². The van der Waals surface area contributed by atoms with Crippen LogP contribution in [0.15, 0.2) is 0 Å². The highest BCUT2D eigenvalue weighted by atomic mass is 16.5. The summed E-state index contributed by atoms with van der Waals surface area (Å²) in [4.78, 5) is 2.37. The molecule has 0 aromatic heterocycles. The summed E-state index contributed by atoms with van der Waals surface area (Å²) >= 11 is 0. The minimum Gasteiger partial charge on any atom is -0.381 e. The molecule has 1 aliphatic carbocycles. The molecular weight excluding hydrogens is 226 g/mol. The average molecular weight is 251 g/mol. The molecule has 18 heavy (non-hydrogen) atoms. The standard InChI is InChI=1S/C14H25N3O/c1-17(11-12-5-8-18-9-6-12)7-4-14(10-15)16-13-2-3-13/h12-14,16H,2-9,11H2,1H3. The van der Waals surface area contributed by atoms with Crippen LogP contribution < -0.4 is 5.32 Å². The first kappa shape index (κ1) is 13.8. The van der Waals surface area contributed by atoms with Crippen LogP contribution in [0.5, 0.6) is 0 Å². The lowest BCUT2D eigenvalue weighted by atomic mass is 10.00. The number of nitrogens with zero attached hydrogens (tertiary/aromatic N) is 2. The fourth-order valence-electron chi connectivity index (χ4n) is 2.53. The first-order valence-corrected chi connectivity index (χ1v) is 7.20. The Morgan fingerprint density at radius 3 is 2.67 bits per heavy atom. The number of nitriles is 1. The van der Waals surface area contributed by atoms with Gasteiger partial charge >= 0.3 is 0 Å². The third-order valence-electron chi connectivity index (χ3n) is 3.88. The maximum atomic E-state index is 9.09. The Kier molecular flexibility index (Phi) is 5.43. The van der Waals surface area contributed by atoms with E-state index >= 15 is 0 Å². The molecule has 1 saturated heterocycles. The van der Waals surface area contributed by atoms with Crippen molar-refractivity contribution in [1.29, 1.82) is 5.26 Å². The zero-order valence-corrected chi connectivity index (χ0v) is 11.4. The summed E-state index contributed by atoms with van der Waals surface area (Å²) in [5, 5.41) is 12.5. The Labute approximate surface area is 110 Å². The number of rotatable bonds is 7. The molecule has 0 radical (unpaired) electrons. The van der Waals surface area contributed by atoms with Crippen molar-refractivity contribution in [2.45, 2.75) is 44.2 Å². The van der Waals surface area contributed by atoms with Crippen LogP contribution in [-0.2, 0) is 4.74 Å². The van der Waals surface area contributed by atoms with E-state index in [4.69, 9.17) is 10.00 Å². The predicted molar refractivity (Wildman–Crippen MR) is 71.2 cm³/mol. The van der Waals surface area contributed by atoms with Crippen LogP contribution in [0.2, 0.25) is 0 Å². The molecule has 1 atom stereocenters. The van der Waals surface area contributed by atoms with Gasteiger partial charge in [0.2, 0.25) is 0 Å². The first-order valence-electron chi connectivity index (χ1n) is 7.20. The zero-order chi connectivity index (χ0) is 12.8. The van der Waals surface area contributed by atoms with Crippen LogP contribution in [0, 0.1) is 17.2 Å². The van der Waals surface area contributed by atoms with Crippen molar-refractivity contribution in [3.05, 3.63) is 0 Å². The molecule has 0 aromatic rings. The lowest BCUT2D eigenvalue weighted by Crippen LogP contribution is -2.35. The summed E-state index contributed by atoms with van der Waals surface area (Å²) in [6.07, 6.45) is 5.80. The second-order valence-corrected chi connectivity index (χ2v) is 5.73. The fraction of sp³-hybridized carbons (Fsp3) is 0.929. The van der Waals surface area contributed by atoms with Gasteiger partial charge in [0.1, 0.15) is 0 Å². The van der Waals surface area contributed by atoms with E-state index in [9.17, 15) is 0 Å². The molecule has 2 aliphatic rings. The highest BCUT2D eigenvalue weighted by Gasteiger charge is 2.24. The van der Waals surface area contributed by atoms with Gasteiger partial charge < -0.3 is 9.64 Å². The van der Waals surface area contributed by atoms with Crippen molar-refractivity contribution in [2.24, 2.45) is 5.92 Å². The zero-order valence-electron chi connectivity index (χ0n) is 11.4. The second-order valence-electron chi connectivity index (χ2n) is 5.73. The molecule has 1 heterocycles. The van der Waals surface area contributed by atoms with Gasteiger partial charge in [0.15, 0.2) is 0 Å². The van der Waals surface area contributed by atoms with E-state index in [1.54, 1.807) is 0 Å². The molecule has 0 spiro atoms.